The van der Waals surface area contributed by atoms with Crippen molar-refractivity contribution < 1.29 is 4.74 Å². The van der Waals surface area contributed by atoms with Crippen LogP contribution >= 0.6 is 0 Å². The van der Waals surface area contributed by atoms with Crippen molar-refractivity contribution in [1.82, 2.24) is 15.0 Å². The molecule has 0 aliphatic heterocycles. The molecule has 0 saturated carbocycles. The SMILES string of the molecule is CCc1nc(N)nc(OCC(C)C)n1. The van der Waals surface area contributed by atoms with E-state index in [2.05, 4.69) is 28.8 Å². The molecule has 5 nitrogen and oxygen atoms in total. The van der Waals surface area contributed by atoms with E-state index in [0.717, 1.165) is 6.42 Å². The standard InChI is InChI=1S/C9H16N4O/c1-4-7-11-8(10)13-9(12-7)14-5-6(2)3/h6H,4-5H2,1-3H3,(H2,10,11,12,13). The summed E-state index contributed by atoms with van der Waals surface area (Å²) < 4.78 is 5.35. The molecular formula is C9H16N4O. The van der Waals surface area contributed by atoms with E-state index in [0.29, 0.717) is 24.4 Å². The molecule has 0 atom stereocenters. The highest BCUT2D eigenvalue weighted by Crippen LogP contribution is 2.06. The third-order valence-electron chi connectivity index (χ3n) is 1.54. The van der Waals surface area contributed by atoms with E-state index >= 15 is 0 Å². The summed E-state index contributed by atoms with van der Waals surface area (Å²) in [5.74, 6) is 1.32. The number of hydrogen-bond donors (Lipinski definition) is 1. The van der Waals surface area contributed by atoms with Gasteiger partial charge in [0.05, 0.1) is 6.61 Å². The number of nitrogen functional groups attached to an aromatic ring is 1. The first-order valence-electron chi connectivity index (χ1n) is 4.75. The lowest BCUT2D eigenvalue weighted by Gasteiger charge is -2.07. The first-order valence-corrected chi connectivity index (χ1v) is 4.75. The monoisotopic (exact) mass is 196 g/mol. The average Bonchev–Trinajstić information content (AvgIpc) is 2.14. The Hall–Kier alpha value is -1.39. The lowest BCUT2D eigenvalue weighted by molar-refractivity contribution is 0.249. The number of nitrogens with zero attached hydrogens (tertiary/aromatic N) is 3. The molecule has 0 aliphatic carbocycles. The molecule has 2 N–H and O–H groups in total. The van der Waals surface area contributed by atoms with Crippen molar-refractivity contribution in [2.75, 3.05) is 12.3 Å². The molecule has 0 amide bonds. The number of anilines is 1. The minimum absolute atomic E-state index is 0.218. The van der Waals surface area contributed by atoms with Gasteiger partial charge < -0.3 is 10.5 Å². The molecule has 1 rings (SSSR count). The van der Waals surface area contributed by atoms with Gasteiger partial charge in [-0.05, 0) is 5.92 Å². The molecule has 0 aromatic carbocycles. The maximum absolute atomic E-state index is 5.50. The van der Waals surface area contributed by atoms with Gasteiger partial charge in [0.1, 0.15) is 5.82 Å². The summed E-state index contributed by atoms with van der Waals surface area (Å²) in [6.45, 7) is 6.67. The summed E-state index contributed by atoms with van der Waals surface area (Å²) in [7, 11) is 0. The fraction of sp³-hybridized carbons (Fsp3) is 0.667. The third kappa shape index (κ3) is 3.16. The van der Waals surface area contributed by atoms with Gasteiger partial charge >= 0.3 is 6.01 Å². The third-order valence-corrected chi connectivity index (χ3v) is 1.54. The van der Waals surface area contributed by atoms with Gasteiger partial charge in [0, 0.05) is 6.42 Å². The summed E-state index contributed by atoms with van der Waals surface area (Å²) in [5, 5.41) is 0. The fourth-order valence-corrected chi connectivity index (χ4v) is 0.879. The van der Waals surface area contributed by atoms with Gasteiger partial charge in [-0.25, -0.2) is 0 Å². The number of rotatable bonds is 4. The quantitative estimate of drug-likeness (QED) is 0.779. The molecule has 78 valence electrons. The normalized spacial score (nSPS) is 10.6. The van der Waals surface area contributed by atoms with Crippen LogP contribution in [0.4, 0.5) is 5.95 Å². The van der Waals surface area contributed by atoms with E-state index in [-0.39, 0.29) is 5.95 Å². The number of aryl methyl sites for hydroxylation is 1. The van der Waals surface area contributed by atoms with E-state index < -0.39 is 0 Å². The van der Waals surface area contributed by atoms with Crippen molar-refractivity contribution in [2.45, 2.75) is 27.2 Å². The van der Waals surface area contributed by atoms with Crippen LogP contribution < -0.4 is 10.5 Å². The molecular weight excluding hydrogens is 180 g/mol. The van der Waals surface area contributed by atoms with Crippen molar-refractivity contribution in [3.8, 4) is 6.01 Å². The Kier molecular flexibility index (Phi) is 3.62. The second-order valence-corrected chi connectivity index (χ2v) is 3.45. The van der Waals surface area contributed by atoms with Gasteiger partial charge in [0.2, 0.25) is 5.95 Å². The van der Waals surface area contributed by atoms with Gasteiger partial charge in [-0.2, -0.15) is 15.0 Å². The Morgan fingerprint density at radius 3 is 2.57 bits per heavy atom. The number of nitrogens with two attached hydrogens (primary N) is 1. The van der Waals surface area contributed by atoms with E-state index in [4.69, 9.17) is 10.5 Å². The molecule has 0 unspecified atom stereocenters. The summed E-state index contributed by atoms with van der Waals surface area (Å²) >= 11 is 0. The van der Waals surface area contributed by atoms with Crippen LogP contribution in [0.25, 0.3) is 0 Å². The predicted octanol–water partition coefficient (Wildman–Crippen LogP) is 1.05. The smallest absolute Gasteiger partial charge is 0.321 e. The van der Waals surface area contributed by atoms with E-state index in [1.54, 1.807) is 0 Å². The van der Waals surface area contributed by atoms with Crippen molar-refractivity contribution in [3.63, 3.8) is 0 Å². The second kappa shape index (κ2) is 4.74. The summed E-state index contributed by atoms with van der Waals surface area (Å²) in [6, 6.07) is 0.322. The zero-order valence-corrected chi connectivity index (χ0v) is 8.82. The minimum atomic E-state index is 0.218. The molecule has 1 aromatic rings. The number of ether oxygens (including phenoxy) is 1. The van der Waals surface area contributed by atoms with E-state index in [1.165, 1.54) is 0 Å². The fourth-order valence-electron chi connectivity index (χ4n) is 0.879. The highest BCUT2D eigenvalue weighted by Gasteiger charge is 2.04. The summed E-state index contributed by atoms with van der Waals surface area (Å²) in [4.78, 5) is 11.9. The zero-order chi connectivity index (χ0) is 10.6. The van der Waals surface area contributed by atoms with Crippen LogP contribution in [0.5, 0.6) is 6.01 Å². The molecule has 0 spiro atoms. The molecule has 1 heterocycles. The molecule has 0 fully saturated rings. The Morgan fingerprint density at radius 1 is 1.29 bits per heavy atom. The Labute approximate surface area is 83.7 Å². The molecule has 0 aliphatic rings. The predicted molar refractivity (Wildman–Crippen MR) is 54.0 cm³/mol. The topological polar surface area (TPSA) is 73.9 Å². The molecule has 14 heavy (non-hydrogen) atoms. The largest absolute Gasteiger partial charge is 0.463 e. The van der Waals surface area contributed by atoms with Gasteiger partial charge in [-0.15, -0.1) is 0 Å². The Balaban J connectivity index is 2.71. The summed E-state index contributed by atoms with van der Waals surface area (Å²) in [5.41, 5.74) is 5.50. The molecule has 0 saturated heterocycles. The van der Waals surface area contributed by atoms with Crippen LogP contribution in [0.2, 0.25) is 0 Å². The van der Waals surface area contributed by atoms with Gasteiger partial charge in [0.25, 0.3) is 0 Å². The molecule has 0 bridgehead atoms. The highest BCUT2D eigenvalue weighted by molar-refractivity contribution is 5.18. The van der Waals surface area contributed by atoms with Gasteiger partial charge in [-0.1, -0.05) is 20.8 Å². The van der Waals surface area contributed by atoms with Crippen LogP contribution in [0, 0.1) is 5.92 Å². The van der Waals surface area contributed by atoms with Crippen molar-refractivity contribution in [2.24, 2.45) is 5.92 Å². The Morgan fingerprint density at radius 2 is 2.00 bits per heavy atom. The number of aromatic nitrogens is 3. The first-order chi connectivity index (χ1) is 6.61. The highest BCUT2D eigenvalue weighted by atomic mass is 16.5. The maximum Gasteiger partial charge on any atom is 0.321 e. The van der Waals surface area contributed by atoms with Gasteiger partial charge in [-0.3, -0.25) is 0 Å². The van der Waals surface area contributed by atoms with Gasteiger partial charge in [0.15, 0.2) is 0 Å². The van der Waals surface area contributed by atoms with Crippen LogP contribution in [0.15, 0.2) is 0 Å². The van der Waals surface area contributed by atoms with Crippen LogP contribution in [-0.4, -0.2) is 21.6 Å². The molecule has 1 aromatic heterocycles. The first kappa shape index (κ1) is 10.7. The van der Waals surface area contributed by atoms with E-state index in [1.807, 2.05) is 6.92 Å². The van der Waals surface area contributed by atoms with Crippen molar-refractivity contribution in [3.05, 3.63) is 5.82 Å². The average molecular weight is 196 g/mol. The van der Waals surface area contributed by atoms with Crippen molar-refractivity contribution in [1.29, 1.82) is 0 Å². The molecule has 5 heteroatoms. The zero-order valence-electron chi connectivity index (χ0n) is 8.82. The molecule has 0 radical (unpaired) electrons. The van der Waals surface area contributed by atoms with Crippen LogP contribution in [-0.2, 0) is 6.42 Å². The summed E-state index contributed by atoms with van der Waals surface area (Å²) in [6.07, 6.45) is 0.727. The second-order valence-electron chi connectivity index (χ2n) is 3.45. The lowest BCUT2D eigenvalue weighted by Crippen LogP contribution is -2.10. The van der Waals surface area contributed by atoms with Crippen molar-refractivity contribution >= 4 is 5.95 Å². The van der Waals surface area contributed by atoms with Crippen LogP contribution in [0.1, 0.15) is 26.6 Å². The number of hydrogen-bond acceptors (Lipinski definition) is 5. The lowest BCUT2D eigenvalue weighted by atomic mass is 10.2. The van der Waals surface area contributed by atoms with Crippen LogP contribution in [0.3, 0.4) is 0 Å². The maximum atomic E-state index is 5.50. The van der Waals surface area contributed by atoms with E-state index in [9.17, 15) is 0 Å². The Bertz CT molecular complexity index is 301. The minimum Gasteiger partial charge on any atom is -0.463 e.